The monoisotopic (exact) mass is 291 g/mol. The molecule has 0 fully saturated rings. The van der Waals surface area contributed by atoms with Gasteiger partial charge in [-0.15, -0.1) is 10.2 Å². The highest BCUT2D eigenvalue weighted by molar-refractivity contribution is 6.28. The molecule has 0 unspecified atom stereocenters. The molecule has 0 atom stereocenters. The molecule has 0 aliphatic rings. The maximum Gasteiger partial charge on any atom is 0.229 e. The molecular formula is C14H8ClF2N3. The summed E-state index contributed by atoms with van der Waals surface area (Å²) in [6.07, 6.45) is 0. The fourth-order valence-corrected chi connectivity index (χ4v) is 2.15. The van der Waals surface area contributed by atoms with E-state index in [-0.39, 0.29) is 11.0 Å². The quantitative estimate of drug-likeness (QED) is 0.717. The molecule has 0 saturated carbocycles. The first-order valence-corrected chi connectivity index (χ1v) is 6.16. The van der Waals surface area contributed by atoms with Crippen molar-refractivity contribution in [3.63, 3.8) is 0 Å². The highest BCUT2D eigenvalue weighted by Crippen LogP contribution is 2.25. The maximum atomic E-state index is 13.3. The fourth-order valence-electron chi connectivity index (χ4n) is 1.94. The third-order valence-corrected chi connectivity index (χ3v) is 3.01. The zero-order valence-corrected chi connectivity index (χ0v) is 10.9. The summed E-state index contributed by atoms with van der Waals surface area (Å²) in [7, 11) is 0. The highest BCUT2D eigenvalue weighted by atomic mass is 35.5. The van der Waals surface area contributed by atoms with Crippen molar-refractivity contribution in [1.29, 1.82) is 0 Å². The Kier molecular flexibility index (Phi) is 3.20. The smallest absolute Gasteiger partial charge is 0.229 e. The second-order valence-electron chi connectivity index (χ2n) is 4.12. The Bertz CT molecular complexity index is 736. The number of aromatic nitrogens is 3. The van der Waals surface area contributed by atoms with Crippen LogP contribution in [0.4, 0.5) is 8.78 Å². The average Bonchev–Trinajstić information content (AvgIpc) is 2.80. The minimum absolute atomic E-state index is 0.0360. The number of nitrogens with zero attached hydrogens (tertiary/aromatic N) is 3. The van der Waals surface area contributed by atoms with Crippen molar-refractivity contribution in [3.8, 4) is 17.1 Å². The summed E-state index contributed by atoms with van der Waals surface area (Å²) >= 11 is 5.98. The first-order valence-electron chi connectivity index (χ1n) is 5.78. The van der Waals surface area contributed by atoms with Crippen molar-refractivity contribution in [3.05, 3.63) is 65.4 Å². The van der Waals surface area contributed by atoms with E-state index in [2.05, 4.69) is 10.2 Å². The molecule has 6 heteroatoms. The van der Waals surface area contributed by atoms with Crippen LogP contribution in [0.15, 0.2) is 48.5 Å². The largest absolute Gasteiger partial charge is 0.266 e. The van der Waals surface area contributed by atoms with Gasteiger partial charge in [-0.2, -0.15) is 0 Å². The molecule has 20 heavy (non-hydrogen) atoms. The summed E-state index contributed by atoms with van der Waals surface area (Å²) in [5.41, 5.74) is 0.980. The molecule has 0 radical (unpaired) electrons. The van der Waals surface area contributed by atoms with E-state index in [1.807, 2.05) is 30.3 Å². The Labute approximate surface area is 118 Å². The molecule has 1 aromatic heterocycles. The van der Waals surface area contributed by atoms with Gasteiger partial charge in [0.2, 0.25) is 5.28 Å². The van der Waals surface area contributed by atoms with Crippen LogP contribution in [0.3, 0.4) is 0 Å². The predicted octanol–water partition coefficient (Wildman–Crippen LogP) is 3.87. The van der Waals surface area contributed by atoms with Crippen LogP contribution >= 0.6 is 11.6 Å². The Hall–Kier alpha value is -2.27. The zero-order chi connectivity index (χ0) is 14.1. The fraction of sp³-hybridized carbons (Fsp3) is 0. The lowest BCUT2D eigenvalue weighted by atomic mass is 10.2. The summed E-state index contributed by atoms with van der Waals surface area (Å²) in [4.78, 5) is 0. The SMILES string of the molecule is Fc1cc(F)cc(-n2c(Cl)nnc2-c2ccccc2)c1. The number of hydrogen-bond acceptors (Lipinski definition) is 2. The maximum absolute atomic E-state index is 13.3. The molecule has 0 aliphatic carbocycles. The molecule has 0 N–H and O–H groups in total. The lowest BCUT2D eigenvalue weighted by molar-refractivity contribution is 0.581. The minimum atomic E-state index is -0.691. The van der Waals surface area contributed by atoms with E-state index < -0.39 is 11.6 Å². The molecule has 1 heterocycles. The van der Waals surface area contributed by atoms with Crippen LogP contribution in [0.2, 0.25) is 5.28 Å². The van der Waals surface area contributed by atoms with Crippen LogP contribution in [0.25, 0.3) is 17.1 Å². The molecule has 3 aromatic rings. The Balaban J connectivity index is 2.22. The van der Waals surface area contributed by atoms with E-state index in [1.54, 1.807) is 0 Å². The van der Waals surface area contributed by atoms with Gasteiger partial charge in [-0.25, -0.2) is 8.78 Å². The van der Waals surface area contributed by atoms with Crippen LogP contribution in [-0.2, 0) is 0 Å². The number of benzene rings is 2. The van der Waals surface area contributed by atoms with Gasteiger partial charge in [0.1, 0.15) is 11.6 Å². The van der Waals surface area contributed by atoms with Crippen molar-refractivity contribution in [2.75, 3.05) is 0 Å². The molecule has 0 spiro atoms. The van der Waals surface area contributed by atoms with Gasteiger partial charge in [0.25, 0.3) is 0 Å². The second-order valence-corrected chi connectivity index (χ2v) is 4.46. The van der Waals surface area contributed by atoms with Crippen LogP contribution < -0.4 is 0 Å². The Morgan fingerprint density at radius 1 is 0.900 bits per heavy atom. The van der Waals surface area contributed by atoms with Crippen molar-refractivity contribution < 1.29 is 8.78 Å². The van der Waals surface area contributed by atoms with Crippen molar-refractivity contribution in [1.82, 2.24) is 14.8 Å². The number of hydrogen-bond donors (Lipinski definition) is 0. The van der Waals surface area contributed by atoms with Gasteiger partial charge in [0.05, 0.1) is 5.69 Å². The van der Waals surface area contributed by atoms with Gasteiger partial charge in [0.15, 0.2) is 5.82 Å². The van der Waals surface area contributed by atoms with Gasteiger partial charge < -0.3 is 0 Å². The van der Waals surface area contributed by atoms with E-state index in [1.165, 1.54) is 16.7 Å². The Morgan fingerprint density at radius 3 is 2.20 bits per heavy atom. The average molecular weight is 292 g/mol. The third kappa shape index (κ3) is 2.28. The molecule has 0 aliphatic heterocycles. The molecule has 100 valence electrons. The van der Waals surface area contributed by atoms with Crippen molar-refractivity contribution in [2.24, 2.45) is 0 Å². The van der Waals surface area contributed by atoms with Gasteiger partial charge in [0, 0.05) is 11.6 Å². The summed E-state index contributed by atoms with van der Waals surface area (Å²) in [6.45, 7) is 0. The van der Waals surface area contributed by atoms with Gasteiger partial charge >= 0.3 is 0 Å². The summed E-state index contributed by atoms with van der Waals surface area (Å²) in [5.74, 6) is -0.965. The molecule has 0 bridgehead atoms. The topological polar surface area (TPSA) is 30.7 Å². The lowest BCUT2D eigenvalue weighted by Crippen LogP contribution is -1.99. The van der Waals surface area contributed by atoms with E-state index in [0.29, 0.717) is 5.82 Å². The first-order chi connectivity index (χ1) is 9.65. The van der Waals surface area contributed by atoms with E-state index in [0.717, 1.165) is 11.6 Å². The summed E-state index contributed by atoms with van der Waals surface area (Å²) in [5, 5.41) is 7.76. The van der Waals surface area contributed by atoms with Crippen molar-refractivity contribution in [2.45, 2.75) is 0 Å². The van der Waals surface area contributed by atoms with Crippen LogP contribution in [0.5, 0.6) is 0 Å². The summed E-state index contributed by atoms with van der Waals surface area (Å²) < 4.78 is 28.1. The third-order valence-electron chi connectivity index (χ3n) is 2.76. The van der Waals surface area contributed by atoms with E-state index >= 15 is 0 Å². The van der Waals surface area contributed by atoms with E-state index in [9.17, 15) is 8.78 Å². The normalized spacial score (nSPS) is 10.8. The molecule has 0 saturated heterocycles. The summed E-state index contributed by atoms with van der Waals surface area (Å²) in [6, 6.07) is 12.3. The highest BCUT2D eigenvalue weighted by Gasteiger charge is 2.15. The predicted molar refractivity (Wildman–Crippen MR) is 71.7 cm³/mol. The standard InChI is InChI=1S/C14H8ClF2N3/c15-14-19-18-13(9-4-2-1-3-5-9)20(14)12-7-10(16)6-11(17)8-12/h1-8H. The number of rotatable bonds is 2. The molecule has 3 nitrogen and oxygen atoms in total. The molecular weight excluding hydrogens is 284 g/mol. The zero-order valence-electron chi connectivity index (χ0n) is 10.1. The number of halogens is 3. The minimum Gasteiger partial charge on any atom is -0.266 e. The second kappa shape index (κ2) is 5.02. The molecule has 2 aromatic carbocycles. The Morgan fingerprint density at radius 2 is 1.55 bits per heavy atom. The van der Waals surface area contributed by atoms with Crippen LogP contribution in [0, 0.1) is 11.6 Å². The molecule has 3 rings (SSSR count). The first kappa shape index (κ1) is 12.7. The lowest BCUT2D eigenvalue weighted by Gasteiger charge is -2.08. The van der Waals surface area contributed by atoms with Crippen molar-refractivity contribution >= 4 is 11.6 Å². The van der Waals surface area contributed by atoms with Crippen LogP contribution in [-0.4, -0.2) is 14.8 Å². The van der Waals surface area contributed by atoms with E-state index in [4.69, 9.17) is 11.6 Å². The van der Waals surface area contributed by atoms with Gasteiger partial charge in [-0.1, -0.05) is 30.3 Å². The van der Waals surface area contributed by atoms with Gasteiger partial charge in [-0.3, -0.25) is 4.57 Å². The van der Waals surface area contributed by atoms with Crippen LogP contribution in [0.1, 0.15) is 0 Å². The van der Waals surface area contributed by atoms with Gasteiger partial charge in [-0.05, 0) is 23.7 Å². The molecule has 0 amide bonds.